The van der Waals surface area contributed by atoms with Gasteiger partial charge in [-0.3, -0.25) is 4.68 Å². The molecule has 1 aromatic carbocycles. The second kappa shape index (κ2) is 11.2. The van der Waals surface area contributed by atoms with E-state index in [-0.39, 0.29) is 17.4 Å². The first-order valence-electron chi connectivity index (χ1n) is 13.4. The molecule has 8 heteroatoms. The Labute approximate surface area is 223 Å². The third-order valence-electron chi connectivity index (χ3n) is 7.62. The van der Waals surface area contributed by atoms with Gasteiger partial charge >= 0.3 is 5.97 Å². The lowest BCUT2D eigenvalue weighted by Gasteiger charge is -2.22. The van der Waals surface area contributed by atoms with Crippen LogP contribution in [0.1, 0.15) is 84.6 Å². The summed E-state index contributed by atoms with van der Waals surface area (Å²) in [5.74, 6) is 0.613. The van der Waals surface area contributed by atoms with Gasteiger partial charge in [-0.05, 0) is 67.5 Å². The number of aromatic nitrogens is 5. The van der Waals surface area contributed by atoms with Crippen LogP contribution in [0, 0.1) is 5.92 Å². The van der Waals surface area contributed by atoms with Crippen molar-refractivity contribution in [1.82, 2.24) is 24.8 Å². The Hall–Kier alpha value is -3.94. The molecule has 198 valence electrons. The first-order chi connectivity index (χ1) is 18.5. The molecule has 0 aliphatic heterocycles. The Morgan fingerprint density at radius 1 is 1.24 bits per heavy atom. The zero-order valence-corrected chi connectivity index (χ0v) is 22.1. The Morgan fingerprint density at radius 3 is 2.74 bits per heavy atom. The molecule has 38 heavy (non-hydrogen) atoms. The van der Waals surface area contributed by atoms with Crippen LogP contribution in [0.25, 0.3) is 11.3 Å². The molecule has 0 radical (unpaired) electrons. The van der Waals surface area contributed by atoms with Crippen molar-refractivity contribution in [3.63, 3.8) is 0 Å². The summed E-state index contributed by atoms with van der Waals surface area (Å²) in [6, 6.07) is 7.94. The molecule has 2 heterocycles. The molecule has 2 aliphatic carbocycles. The maximum Gasteiger partial charge on any atom is 0.339 e. The Balaban J connectivity index is 1.41. The number of aryl methyl sites for hydroxylation is 1. The summed E-state index contributed by atoms with van der Waals surface area (Å²) in [4.78, 5) is 12.1. The van der Waals surface area contributed by atoms with Crippen LogP contribution in [0.2, 0.25) is 0 Å². The molecule has 0 bridgehead atoms. The van der Waals surface area contributed by atoms with Crippen LogP contribution in [0.4, 0.5) is 0 Å². The van der Waals surface area contributed by atoms with Crippen LogP contribution in [-0.2, 0) is 11.8 Å². The molecule has 2 aromatic heterocycles. The maximum absolute atomic E-state index is 12.1. The van der Waals surface area contributed by atoms with Crippen molar-refractivity contribution in [3.05, 3.63) is 89.7 Å². The van der Waals surface area contributed by atoms with Crippen LogP contribution < -0.4 is 0 Å². The van der Waals surface area contributed by atoms with E-state index >= 15 is 0 Å². The second-order valence-electron chi connectivity index (χ2n) is 10.3. The van der Waals surface area contributed by atoms with E-state index in [0.29, 0.717) is 11.6 Å². The number of carboxylic acids is 1. The third kappa shape index (κ3) is 5.49. The average molecular weight is 514 g/mol. The molecule has 8 nitrogen and oxygen atoms in total. The highest BCUT2D eigenvalue weighted by atomic mass is 16.5. The van der Waals surface area contributed by atoms with E-state index in [0.717, 1.165) is 41.3 Å². The number of rotatable bonds is 10. The number of ether oxygens (including phenoxy) is 1. The van der Waals surface area contributed by atoms with Crippen molar-refractivity contribution >= 4 is 11.5 Å². The molecular weight excluding hydrogens is 478 g/mol. The SMILES string of the molecule is C=C/C(=C\C(=C/C)OCC1CCCCC1)c1cccc(-n2ncc(C(=O)O)c2[C@@H]2C[C@H]2c2cn(C)nn2)c1. The summed E-state index contributed by atoms with van der Waals surface area (Å²) < 4.78 is 9.61. The minimum Gasteiger partial charge on any atom is -0.494 e. The van der Waals surface area contributed by atoms with Gasteiger partial charge in [-0.15, -0.1) is 5.10 Å². The van der Waals surface area contributed by atoms with Gasteiger partial charge in [0.25, 0.3) is 0 Å². The molecule has 2 fully saturated rings. The van der Waals surface area contributed by atoms with Crippen LogP contribution in [-0.4, -0.2) is 42.5 Å². The highest BCUT2D eigenvalue weighted by Crippen LogP contribution is 2.55. The van der Waals surface area contributed by atoms with E-state index in [1.165, 1.54) is 38.3 Å². The first-order valence-corrected chi connectivity index (χ1v) is 13.4. The molecule has 2 aliphatic rings. The summed E-state index contributed by atoms with van der Waals surface area (Å²) >= 11 is 0. The number of carboxylic acid groups (broad SMARTS) is 1. The van der Waals surface area contributed by atoms with Crippen molar-refractivity contribution in [1.29, 1.82) is 0 Å². The Morgan fingerprint density at radius 2 is 2.05 bits per heavy atom. The van der Waals surface area contributed by atoms with Gasteiger partial charge in [-0.1, -0.05) is 49.3 Å². The monoisotopic (exact) mass is 513 g/mol. The molecule has 0 unspecified atom stereocenters. The van der Waals surface area contributed by atoms with E-state index in [4.69, 9.17) is 4.74 Å². The lowest BCUT2D eigenvalue weighted by atomic mass is 9.90. The van der Waals surface area contributed by atoms with Crippen molar-refractivity contribution < 1.29 is 14.6 Å². The molecule has 0 amide bonds. The van der Waals surface area contributed by atoms with Gasteiger partial charge in [0.15, 0.2) is 0 Å². The number of hydrogen-bond acceptors (Lipinski definition) is 5. The number of nitrogens with zero attached hydrogens (tertiary/aromatic N) is 5. The van der Waals surface area contributed by atoms with E-state index in [1.807, 2.05) is 62.7 Å². The standard InChI is InChI=1S/C30H35N5O3/c1-4-21(15-24(5-2)38-19-20-10-7-6-8-11-20)22-12-9-13-23(14-22)35-29(27(17-31-35)30(36)37)26-16-25(26)28-18-34(3)33-32-28/h4-5,9,12-15,17-18,20,25-26H,1,6-8,10-11,16,19H2,2-3H3,(H,36,37)/b21-15+,24-5+/t25-,26-/m1/s1. The number of allylic oxidation sites excluding steroid dienone is 4. The lowest BCUT2D eigenvalue weighted by Crippen LogP contribution is -2.12. The summed E-state index contributed by atoms with van der Waals surface area (Å²) in [6.45, 7) is 6.76. The second-order valence-corrected chi connectivity index (χ2v) is 10.3. The van der Waals surface area contributed by atoms with E-state index in [9.17, 15) is 9.90 Å². The van der Waals surface area contributed by atoms with Crippen LogP contribution in [0.5, 0.6) is 0 Å². The van der Waals surface area contributed by atoms with Gasteiger partial charge < -0.3 is 9.84 Å². The largest absolute Gasteiger partial charge is 0.494 e. The normalized spacial score (nSPS) is 20.4. The minimum atomic E-state index is -0.980. The highest BCUT2D eigenvalue weighted by molar-refractivity contribution is 5.89. The van der Waals surface area contributed by atoms with Gasteiger partial charge in [0.05, 0.1) is 29.9 Å². The van der Waals surface area contributed by atoms with Gasteiger partial charge in [-0.2, -0.15) is 5.10 Å². The lowest BCUT2D eigenvalue weighted by molar-refractivity contribution is 0.0695. The molecule has 3 aromatic rings. The molecule has 1 N–H and O–H groups in total. The fourth-order valence-corrected chi connectivity index (χ4v) is 5.45. The van der Waals surface area contributed by atoms with Crippen molar-refractivity contribution in [2.24, 2.45) is 13.0 Å². The maximum atomic E-state index is 12.1. The minimum absolute atomic E-state index is 0.0150. The van der Waals surface area contributed by atoms with E-state index in [2.05, 4.69) is 22.0 Å². The quantitative estimate of drug-likeness (QED) is 0.262. The van der Waals surface area contributed by atoms with Gasteiger partial charge in [0, 0.05) is 25.1 Å². The van der Waals surface area contributed by atoms with Gasteiger partial charge in [0.2, 0.25) is 0 Å². The fourth-order valence-electron chi connectivity index (χ4n) is 5.45. The van der Waals surface area contributed by atoms with Crippen LogP contribution in [0.3, 0.4) is 0 Å². The number of carbonyl (C=O) groups is 1. The predicted octanol–water partition coefficient (Wildman–Crippen LogP) is 6.04. The van der Waals surface area contributed by atoms with E-state index < -0.39 is 5.97 Å². The summed E-state index contributed by atoms with van der Waals surface area (Å²) in [7, 11) is 1.83. The summed E-state index contributed by atoms with van der Waals surface area (Å²) in [5.41, 5.74) is 4.47. The molecule has 2 saturated carbocycles. The Bertz CT molecular complexity index is 1380. The summed E-state index contributed by atoms with van der Waals surface area (Å²) in [5, 5.41) is 22.7. The van der Waals surface area contributed by atoms with Crippen molar-refractivity contribution in [2.45, 2.75) is 57.3 Å². The predicted molar refractivity (Wildman–Crippen MR) is 146 cm³/mol. The van der Waals surface area contributed by atoms with Crippen LogP contribution in [0.15, 0.2) is 67.2 Å². The summed E-state index contributed by atoms with van der Waals surface area (Å²) in [6.07, 6.45) is 16.4. The average Bonchev–Trinajstić information content (AvgIpc) is 3.38. The molecule has 0 saturated heterocycles. The highest BCUT2D eigenvalue weighted by Gasteiger charge is 2.46. The van der Waals surface area contributed by atoms with Crippen molar-refractivity contribution in [2.75, 3.05) is 6.61 Å². The van der Waals surface area contributed by atoms with Crippen LogP contribution >= 0.6 is 0 Å². The molecule has 5 rings (SSSR count). The molecule has 0 spiro atoms. The van der Waals surface area contributed by atoms with Crippen molar-refractivity contribution in [3.8, 4) is 5.69 Å². The molecular formula is C30H35N5O3. The van der Waals surface area contributed by atoms with E-state index in [1.54, 1.807) is 9.36 Å². The Kier molecular flexibility index (Phi) is 7.58. The number of benzene rings is 1. The number of aromatic carboxylic acids is 1. The number of hydrogen-bond donors (Lipinski definition) is 1. The van der Waals surface area contributed by atoms with Gasteiger partial charge in [-0.25, -0.2) is 9.48 Å². The third-order valence-corrected chi connectivity index (χ3v) is 7.62. The molecule has 2 atom stereocenters. The smallest absolute Gasteiger partial charge is 0.339 e. The zero-order valence-electron chi connectivity index (χ0n) is 22.1. The topological polar surface area (TPSA) is 95.1 Å². The zero-order chi connectivity index (χ0) is 26.6. The fraction of sp³-hybridized carbons (Fsp3) is 0.400. The first kappa shape index (κ1) is 25.7. The van der Waals surface area contributed by atoms with Gasteiger partial charge in [0.1, 0.15) is 11.3 Å².